The number of methoxy groups -OCH3 is 1. The van der Waals surface area contributed by atoms with E-state index in [9.17, 15) is 0 Å². The van der Waals surface area contributed by atoms with E-state index >= 15 is 0 Å². The van der Waals surface area contributed by atoms with E-state index in [1.165, 1.54) is 0 Å². The topological polar surface area (TPSA) is 9.23 Å². The molecule has 0 radical (unpaired) electrons. The molecule has 0 saturated carbocycles. The van der Waals surface area contributed by atoms with Gasteiger partial charge >= 0.3 is 0 Å². The molecule has 0 aliphatic rings. The van der Waals surface area contributed by atoms with Gasteiger partial charge in [-0.15, -0.1) is 11.3 Å². The van der Waals surface area contributed by atoms with Crippen LogP contribution in [0.25, 0.3) is 0 Å². The molecule has 1 nitrogen and oxygen atoms in total. The van der Waals surface area contributed by atoms with Crippen molar-refractivity contribution in [3.8, 4) is 0 Å². The van der Waals surface area contributed by atoms with Crippen LogP contribution in [0.15, 0.2) is 0 Å². The molecule has 0 fully saturated rings. The Hall–Kier alpha value is 0.240. The van der Waals surface area contributed by atoms with Gasteiger partial charge in [0.1, 0.15) is 0 Å². The molecule has 0 aliphatic heterocycles. The first-order valence-electron chi connectivity index (χ1n) is 3.09. The molecular formula is C7H8Cl2OS. The Morgan fingerprint density at radius 3 is 2.36 bits per heavy atom. The van der Waals surface area contributed by atoms with Crippen LogP contribution in [-0.2, 0) is 11.3 Å². The highest BCUT2D eigenvalue weighted by Gasteiger charge is 2.10. The zero-order chi connectivity index (χ0) is 8.43. The molecule has 0 saturated heterocycles. The molecule has 11 heavy (non-hydrogen) atoms. The Bertz CT molecular complexity index is 257. The van der Waals surface area contributed by atoms with Crippen molar-refractivity contribution < 1.29 is 4.74 Å². The smallest absolute Gasteiger partial charge is 0.0821 e. The van der Waals surface area contributed by atoms with E-state index in [2.05, 4.69) is 0 Å². The van der Waals surface area contributed by atoms with Crippen molar-refractivity contribution in [1.29, 1.82) is 0 Å². The van der Waals surface area contributed by atoms with Crippen molar-refractivity contribution in [2.75, 3.05) is 7.11 Å². The fraction of sp³-hybridized carbons (Fsp3) is 0.429. The largest absolute Gasteiger partial charge is 0.379 e. The average molecular weight is 211 g/mol. The quantitative estimate of drug-likeness (QED) is 0.727. The lowest BCUT2D eigenvalue weighted by atomic mass is 10.4. The lowest BCUT2D eigenvalue weighted by molar-refractivity contribution is 0.187. The Balaban J connectivity index is 2.98. The number of aryl methyl sites for hydroxylation is 1. The maximum absolute atomic E-state index is 5.89. The summed E-state index contributed by atoms with van der Waals surface area (Å²) in [6, 6.07) is 0. The molecule has 1 aromatic heterocycles. The fourth-order valence-electron chi connectivity index (χ4n) is 0.775. The number of hydrogen-bond acceptors (Lipinski definition) is 2. The monoisotopic (exact) mass is 210 g/mol. The number of thiophene rings is 1. The van der Waals surface area contributed by atoms with Gasteiger partial charge in [0.05, 0.1) is 21.5 Å². The standard InChI is InChI=1S/C7H8Cl2OS/c1-4-6(8)7(9)5(11-4)3-10-2/h3H2,1-2H3. The molecule has 0 aromatic carbocycles. The summed E-state index contributed by atoms with van der Waals surface area (Å²) in [5.41, 5.74) is 0. The van der Waals surface area contributed by atoms with E-state index in [-0.39, 0.29) is 0 Å². The number of rotatable bonds is 2. The fourth-order valence-corrected chi connectivity index (χ4v) is 2.36. The van der Waals surface area contributed by atoms with Crippen molar-refractivity contribution in [3.05, 3.63) is 19.8 Å². The number of ether oxygens (including phenoxy) is 1. The molecule has 0 amide bonds. The van der Waals surface area contributed by atoms with E-state index < -0.39 is 0 Å². The zero-order valence-electron chi connectivity index (χ0n) is 6.28. The summed E-state index contributed by atoms with van der Waals surface area (Å²) in [6.45, 7) is 2.48. The SMILES string of the molecule is COCc1sc(C)c(Cl)c1Cl. The van der Waals surface area contributed by atoms with Gasteiger partial charge in [-0.1, -0.05) is 23.2 Å². The molecule has 0 unspecified atom stereocenters. The summed E-state index contributed by atoms with van der Waals surface area (Å²) >= 11 is 13.3. The Morgan fingerprint density at radius 2 is 2.00 bits per heavy atom. The number of halogens is 2. The Kier molecular flexibility index (Phi) is 3.19. The minimum atomic E-state index is 0.539. The van der Waals surface area contributed by atoms with E-state index in [1.54, 1.807) is 18.4 Å². The van der Waals surface area contributed by atoms with Gasteiger partial charge in [-0.3, -0.25) is 0 Å². The van der Waals surface area contributed by atoms with Crippen LogP contribution in [0.4, 0.5) is 0 Å². The molecule has 0 spiro atoms. The predicted molar refractivity (Wildman–Crippen MR) is 49.8 cm³/mol. The molecule has 1 aromatic rings. The molecule has 4 heteroatoms. The van der Waals surface area contributed by atoms with Gasteiger partial charge in [0.25, 0.3) is 0 Å². The van der Waals surface area contributed by atoms with E-state index in [1.807, 2.05) is 6.92 Å². The van der Waals surface area contributed by atoms with Crippen molar-refractivity contribution >= 4 is 34.5 Å². The van der Waals surface area contributed by atoms with Crippen LogP contribution in [0.5, 0.6) is 0 Å². The van der Waals surface area contributed by atoms with Gasteiger partial charge < -0.3 is 4.74 Å². The third kappa shape index (κ3) is 1.88. The molecule has 0 atom stereocenters. The maximum atomic E-state index is 5.89. The van der Waals surface area contributed by atoms with Crippen molar-refractivity contribution in [1.82, 2.24) is 0 Å². The Morgan fingerprint density at radius 1 is 1.36 bits per heavy atom. The van der Waals surface area contributed by atoms with Gasteiger partial charge in [-0.05, 0) is 6.92 Å². The van der Waals surface area contributed by atoms with Crippen LogP contribution < -0.4 is 0 Å². The van der Waals surface area contributed by atoms with Crippen LogP contribution in [-0.4, -0.2) is 7.11 Å². The second-order valence-electron chi connectivity index (χ2n) is 2.14. The highest BCUT2D eigenvalue weighted by molar-refractivity contribution is 7.13. The van der Waals surface area contributed by atoms with Crippen molar-refractivity contribution in [2.45, 2.75) is 13.5 Å². The average Bonchev–Trinajstić information content (AvgIpc) is 2.19. The second kappa shape index (κ2) is 3.76. The van der Waals surface area contributed by atoms with Crippen molar-refractivity contribution in [3.63, 3.8) is 0 Å². The molecule has 62 valence electrons. The minimum Gasteiger partial charge on any atom is -0.379 e. The van der Waals surface area contributed by atoms with Crippen LogP contribution in [0.3, 0.4) is 0 Å². The van der Waals surface area contributed by atoms with Gasteiger partial charge in [-0.2, -0.15) is 0 Å². The van der Waals surface area contributed by atoms with Crippen LogP contribution in [0.1, 0.15) is 9.75 Å². The first-order chi connectivity index (χ1) is 5.16. The third-order valence-electron chi connectivity index (χ3n) is 1.30. The van der Waals surface area contributed by atoms with Gasteiger partial charge in [-0.25, -0.2) is 0 Å². The molecule has 1 rings (SSSR count). The summed E-state index contributed by atoms with van der Waals surface area (Å²) < 4.78 is 4.94. The summed E-state index contributed by atoms with van der Waals surface area (Å²) in [7, 11) is 1.64. The van der Waals surface area contributed by atoms with Gasteiger partial charge in [0, 0.05) is 12.0 Å². The summed E-state index contributed by atoms with van der Waals surface area (Å²) in [5.74, 6) is 0. The van der Waals surface area contributed by atoms with Crippen LogP contribution in [0.2, 0.25) is 10.0 Å². The summed E-state index contributed by atoms with van der Waals surface area (Å²) in [5, 5.41) is 1.29. The maximum Gasteiger partial charge on any atom is 0.0821 e. The summed E-state index contributed by atoms with van der Waals surface area (Å²) in [6.07, 6.45) is 0. The van der Waals surface area contributed by atoms with Crippen LogP contribution in [0, 0.1) is 6.92 Å². The minimum absolute atomic E-state index is 0.539. The zero-order valence-corrected chi connectivity index (χ0v) is 8.61. The first-order valence-corrected chi connectivity index (χ1v) is 4.66. The van der Waals surface area contributed by atoms with Gasteiger partial charge in [0.15, 0.2) is 0 Å². The lowest BCUT2D eigenvalue weighted by Crippen LogP contribution is -1.81. The molecule has 0 aliphatic carbocycles. The molecule has 1 heterocycles. The second-order valence-corrected chi connectivity index (χ2v) is 4.21. The molecular weight excluding hydrogens is 203 g/mol. The van der Waals surface area contributed by atoms with E-state index in [0.717, 1.165) is 9.75 Å². The molecule has 0 bridgehead atoms. The third-order valence-corrected chi connectivity index (χ3v) is 3.59. The normalized spacial score (nSPS) is 10.5. The summed E-state index contributed by atoms with van der Waals surface area (Å²) in [4.78, 5) is 2.04. The van der Waals surface area contributed by atoms with Gasteiger partial charge in [0.2, 0.25) is 0 Å². The lowest BCUT2D eigenvalue weighted by Gasteiger charge is -1.93. The number of hydrogen-bond donors (Lipinski definition) is 0. The van der Waals surface area contributed by atoms with E-state index in [4.69, 9.17) is 27.9 Å². The highest BCUT2D eigenvalue weighted by Crippen LogP contribution is 2.36. The predicted octanol–water partition coefficient (Wildman–Crippen LogP) is 3.51. The van der Waals surface area contributed by atoms with E-state index in [0.29, 0.717) is 16.7 Å². The Labute approximate surface area is 79.9 Å². The van der Waals surface area contributed by atoms with Crippen LogP contribution >= 0.6 is 34.5 Å². The highest BCUT2D eigenvalue weighted by atomic mass is 35.5. The molecule has 0 N–H and O–H groups in total. The first kappa shape index (κ1) is 9.33. The van der Waals surface area contributed by atoms with Crippen molar-refractivity contribution in [2.24, 2.45) is 0 Å².